The minimum atomic E-state index is 0.393. The van der Waals surface area contributed by atoms with Crippen LogP contribution in [0.5, 0.6) is 0 Å². The van der Waals surface area contributed by atoms with Crippen molar-refractivity contribution in [1.82, 2.24) is 10.3 Å². The van der Waals surface area contributed by atoms with E-state index in [0.29, 0.717) is 6.04 Å². The van der Waals surface area contributed by atoms with Gasteiger partial charge in [0, 0.05) is 11.4 Å². The van der Waals surface area contributed by atoms with Gasteiger partial charge in [-0.05, 0) is 38.6 Å². The van der Waals surface area contributed by atoms with Gasteiger partial charge in [-0.1, -0.05) is 20.8 Å². The van der Waals surface area contributed by atoms with Crippen molar-refractivity contribution in [1.29, 1.82) is 0 Å². The summed E-state index contributed by atoms with van der Waals surface area (Å²) in [4.78, 5) is 4.69. The van der Waals surface area contributed by atoms with Crippen LogP contribution < -0.4 is 5.32 Å². The van der Waals surface area contributed by atoms with Crippen molar-refractivity contribution in [3.8, 4) is 0 Å². The zero-order valence-corrected chi connectivity index (χ0v) is 11.7. The maximum atomic E-state index is 4.69. The Labute approximate surface area is 103 Å². The van der Waals surface area contributed by atoms with Gasteiger partial charge in [-0.3, -0.25) is 0 Å². The Balaban J connectivity index is 2.43. The minimum Gasteiger partial charge on any atom is -0.309 e. The van der Waals surface area contributed by atoms with Crippen LogP contribution in [0, 0.1) is 5.92 Å². The number of hydrogen-bond acceptors (Lipinski definition) is 3. The van der Waals surface area contributed by atoms with Gasteiger partial charge < -0.3 is 5.32 Å². The molecule has 1 heterocycles. The lowest BCUT2D eigenvalue weighted by atomic mass is 10.1. The molecule has 0 amide bonds. The summed E-state index contributed by atoms with van der Waals surface area (Å²) in [6, 6.07) is 0.393. The minimum absolute atomic E-state index is 0.393. The first-order chi connectivity index (χ1) is 7.63. The molecule has 1 N–H and O–H groups in total. The highest BCUT2D eigenvalue weighted by Gasteiger charge is 2.09. The number of thiazole rings is 1. The second-order valence-corrected chi connectivity index (χ2v) is 5.72. The summed E-state index contributed by atoms with van der Waals surface area (Å²) < 4.78 is 0. The van der Waals surface area contributed by atoms with Gasteiger partial charge in [0.05, 0.1) is 10.7 Å². The molecule has 0 aromatic carbocycles. The van der Waals surface area contributed by atoms with E-state index in [2.05, 4.69) is 38.4 Å². The molecule has 1 aromatic heterocycles. The van der Waals surface area contributed by atoms with Crippen LogP contribution in [0.4, 0.5) is 0 Å². The third kappa shape index (κ3) is 4.62. The molecule has 1 atom stereocenters. The highest BCUT2D eigenvalue weighted by Crippen LogP contribution is 2.18. The van der Waals surface area contributed by atoms with E-state index < -0.39 is 0 Å². The second kappa shape index (κ2) is 7.02. The first kappa shape index (κ1) is 13.7. The predicted octanol–water partition coefficient (Wildman–Crippen LogP) is 3.79. The van der Waals surface area contributed by atoms with Gasteiger partial charge >= 0.3 is 0 Å². The Morgan fingerprint density at radius 3 is 2.75 bits per heavy atom. The predicted molar refractivity (Wildman–Crippen MR) is 72.0 cm³/mol. The first-order valence-corrected chi connectivity index (χ1v) is 7.19. The van der Waals surface area contributed by atoms with Gasteiger partial charge in [-0.15, -0.1) is 11.3 Å². The fraction of sp³-hybridized carbons (Fsp3) is 0.769. The van der Waals surface area contributed by atoms with Gasteiger partial charge in [0.15, 0.2) is 0 Å². The van der Waals surface area contributed by atoms with Crippen molar-refractivity contribution in [2.24, 2.45) is 5.92 Å². The van der Waals surface area contributed by atoms with Crippen molar-refractivity contribution in [3.63, 3.8) is 0 Å². The normalized spacial score (nSPS) is 13.3. The van der Waals surface area contributed by atoms with Crippen LogP contribution in [-0.4, -0.2) is 11.5 Å². The van der Waals surface area contributed by atoms with Crippen LogP contribution in [-0.2, 0) is 6.42 Å². The number of rotatable bonds is 7. The Morgan fingerprint density at radius 2 is 2.12 bits per heavy atom. The molecule has 0 fully saturated rings. The van der Waals surface area contributed by atoms with E-state index in [9.17, 15) is 0 Å². The topological polar surface area (TPSA) is 24.9 Å². The zero-order valence-electron chi connectivity index (χ0n) is 10.9. The highest BCUT2D eigenvalue weighted by atomic mass is 32.1. The number of nitrogens with zero attached hydrogens (tertiary/aromatic N) is 1. The second-order valence-electron chi connectivity index (χ2n) is 4.77. The molecule has 0 aliphatic heterocycles. The summed E-state index contributed by atoms with van der Waals surface area (Å²) >= 11 is 1.80. The molecule has 16 heavy (non-hydrogen) atoms. The molecule has 2 nitrogen and oxygen atoms in total. The number of hydrogen-bond donors (Lipinski definition) is 1. The lowest BCUT2D eigenvalue weighted by Crippen LogP contribution is -2.19. The molecule has 0 saturated heterocycles. The lowest BCUT2D eigenvalue weighted by Gasteiger charge is -2.09. The molecule has 0 radical (unpaired) electrons. The largest absolute Gasteiger partial charge is 0.309 e. The number of aromatic nitrogens is 1. The maximum Gasteiger partial charge on any atom is 0.0929 e. The van der Waals surface area contributed by atoms with E-state index in [4.69, 9.17) is 4.98 Å². The van der Waals surface area contributed by atoms with E-state index in [1.807, 2.05) is 0 Å². The lowest BCUT2D eigenvalue weighted by molar-refractivity contribution is 0.555. The molecule has 92 valence electrons. The average molecular weight is 240 g/mol. The maximum absolute atomic E-state index is 4.69. The van der Waals surface area contributed by atoms with Crippen LogP contribution in [0.15, 0.2) is 5.38 Å². The molecule has 0 aliphatic rings. The summed E-state index contributed by atoms with van der Waals surface area (Å²) in [5.41, 5.74) is 1.21. The SMILES string of the molecule is CCCNC(C)c1csc(CCC(C)C)n1. The van der Waals surface area contributed by atoms with Gasteiger partial charge in [-0.2, -0.15) is 0 Å². The monoisotopic (exact) mass is 240 g/mol. The summed E-state index contributed by atoms with van der Waals surface area (Å²) in [6.45, 7) is 9.98. The van der Waals surface area contributed by atoms with Crippen molar-refractivity contribution >= 4 is 11.3 Å². The van der Waals surface area contributed by atoms with Crippen molar-refractivity contribution in [3.05, 3.63) is 16.1 Å². The van der Waals surface area contributed by atoms with Crippen LogP contribution in [0.3, 0.4) is 0 Å². The van der Waals surface area contributed by atoms with E-state index in [1.54, 1.807) is 11.3 Å². The van der Waals surface area contributed by atoms with E-state index in [-0.39, 0.29) is 0 Å². The quantitative estimate of drug-likeness (QED) is 0.784. The summed E-state index contributed by atoms with van der Waals surface area (Å²) in [6.07, 6.45) is 3.54. The molecule has 3 heteroatoms. The molecule has 0 aliphatic carbocycles. The van der Waals surface area contributed by atoms with Gasteiger partial charge in [0.25, 0.3) is 0 Å². The summed E-state index contributed by atoms with van der Waals surface area (Å²) in [5.74, 6) is 0.767. The van der Waals surface area contributed by atoms with Crippen molar-refractivity contribution < 1.29 is 0 Å². The highest BCUT2D eigenvalue weighted by molar-refractivity contribution is 7.09. The third-order valence-electron chi connectivity index (χ3n) is 2.65. The van der Waals surface area contributed by atoms with Gasteiger partial charge in [-0.25, -0.2) is 4.98 Å². The molecule has 1 rings (SSSR count). The molecule has 1 aromatic rings. The number of aryl methyl sites for hydroxylation is 1. The molecular formula is C13H24N2S. The van der Waals surface area contributed by atoms with Gasteiger partial charge in [0.2, 0.25) is 0 Å². The first-order valence-electron chi connectivity index (χ1n) is 6.31. The smallest absolute Gasteiger partial charge is 0.0929 e. The fourth-order valence-corrected chi connectivity index (χ4v) is 2.42. The summed E-state index contributed by atoms with van der Waals surface area (Å²) in [5, 5.41) is 6.95. The molecular weight excluding hydrogens is 216 g/mol. The van der Waals surface area contributed by atoms with Gasteiger partial charge in [0.1, 0.15) is 0 Å². The average Bonchev–Trinajstić information content (AvgIpc) is 2.71. The standard InChI is InChI=1S/C13H24N2S/c1-5-8-14-11(4)12-9-16-13(15-12)7-6-10(2)3/h9-11,14H,5-8H2,1-4H3. The van der Waals surface area contributed by atoms with E-state index >= 15 is 0 Å². The fourth-order valence-electron chi connectivity index (χ4n) is 1.52. The van der Waals surface area contributed by atoms with E-state index in [0.717, 1.165) is 18.9 Å². The zero-order chi connectivity index (χ0) is 12.0. The molecule has 0 bridgehead atoms. The molecule has 1 unspecified atom stereocenters. The Kier molecular flexibility index (Phi) is 5.99. The van der Waals surface area contributed by atoms with E-state index in [1.165, 1.54) is 23.5 Å². The van der Waals surface area contributed by atoms with Crippen molar-refractivity contribution in [2.45, 2.75) is 53.0 Å². The Hall–Kier alpha value is -0.410. The Morgan fingerprint density at radius 1 is 1.38 bits per heavy atom. The molecule has 0 spiro atoms. The molecule has 0 saturated carbocycles. The number of nitrogens with one attached hydrogen (secondary N) is 1. The van der Waals surface area contributed by atoms with Crippen molar-refractivity contribution in [2.75, 3.05) is 6.54 Å². The van der Waals surface area contributed by atoms with Crippen LogP contribution >= 0.6 is 11.3 Å². The van der Waals surface area contributed by atoms with Crippen LogP contribution in [0.25, 0.3) is 0 Å². The van der Waals surface area contributed by atoms with Crippen LogP contribution in [0.2, 0.25) is 0 Å². The third-order valence-corrected chi connectivity index (χ3v) is 3.58. The summed E-state index contributed by atoms with van der Waals surface area (Å²) in [7, 11) is 0. The Bertz CT molecular complexity index is 294. The van der Waals surface area contributed by atoms with Crippen LogP contribution in [0.1, 0.15) is 57.3 Å².